The number of hydrogen-bond donors (Lipinski definition) is 3. The number of carbonyl (C=O) groups excluding carboxylic acids is 2. The van der Waals surface area contributed by atoms with E-state index < -0.39 is 5.54 Å². The van der Waals surface area contributed by atoms with Crippen molar-refractivity contribution in [1.29, 1.82) is 0 Å². The molecular weight excluding hydrogens is 456 g/mol. The van der Waals surface area contributed by atoms with E-state index in [1.165, 1.54) is 7.11 Å². The lowest BCUT2D eigenvalue weighted by molar-refractivity contribution is -0.121. The van der Waals surface area contributed by atoms with Gasteiger partial charge in [0.2, 0.25) is 0 Å². The maximum absolute atomic E-state index is 13.5. The number of aromatic amines is 1. The molecule has 1 unspecified atom stereocenters. The number of benzene rings is 2. The van der Waals surface area contributed by atoms with E-state index in [0.717, 1.165) is 0 Å². The van der Waals surface area contributed by atoms with Crippen molar-refractivity contribution in [2.75, 3.05) is 24.4 Å². The van der Waals surface area contributed by atoms with Crippen molar-refractivity contribution >= 4 is 45.7 Å². The van der Waals surface area contributed by atoms with E-state index in [2.05, 4.69) is 20.6 Å². The van der Waals surface area contributed by atoms with E-state index in [9.17, 15) is 9.59 Å². The maximum Gasteiger partial charge on any atom is 0.252 e. The first kappa shape index (κ1) is 21.9. The van der Waals surface area contributed by atoms with Crippen LogP contribution < -0.4 is 15.4 Å². The van der Waals surface area contributed by atoms with Crippen molar-refractivity contribution in [2.24, 2.45) is 0 Å². The molecule has 0 spiro atoms. The van der Waals surface area contributed by atoms with E-state index >= 15 is 0 Å². The number of anilines is 2. The van der Waals surface area contributed by atoms with Crippen LogP contribution in [-0.4, -0.2) is 40.9 Å². The predicted molar refractivity (Wildman–Crippen MR) is 130 cm³/mol. The second-order valence-electron chi connectivity index (χ2n) is 8.20. The molecule has 5 rings (SSSR count). The lowest BCUT2D eigenvalue weighted by Gasteiger charge is -2.35. The number of fused-ring (bicyclic) bond motifs is 3. The van der Waals surface area contributed by atoms with Gasteiger partial charge in [-0.05, 0) is 31.2 Å². The lowest BCUT2D eigenvalue weighted by Crippen LogP contribution is -2.53. The highest BCUT2D eigenvalue weighted by molar-refractivity contribution is 6.36. The smallest absolute Gasteiger partial charge is 0.252 e. The molecule has 4 aromatic rings. The molecule has 0 saturated heterocycles. The summed E-state index contributed by atoms with van der Waals surface area (Å²) >= 11 is 6.49. The Balaban J connectivity index is 1.52. The summed E-state index contributed by atoms with van der Waals surface area (Å²) in [7, 11) is 1.52. The van der Waals surface area contributed by atoms with E-state index in [1.807, 2.05) is 30.3 Å². The highest BCUT2D eigenvalue weighted by atomic mass is 35.5. The summed E-state index contributed by atoms with van der Waals surface area (Å²) in [6.45, 7) is 1.88. The number of pyridine rings is 1. The third-order valence-corrected chi connectivity index (χ3v) is 6.01. The number of para-hydroxylation sites is 1. The van der Waals surface area contributed by atoms with Gasteiger partial charge < -0.3 is 25.1 Å². The first-order valence-corrected chi connectivity index (χ1v) is 10.9. The summed E-state index contributed by atoms with van der Waals surface area (Å²) < 4.78 is 11.0. The van der Waals surface area contributed by atoms with Crippen LogP contribution in [0.25, 0.3) is 11.0 Å². The number of methoxy groups -OCH3 is 1. The molecule has 3 N–H and O–H groups in total. The van der Waals surface area contributed by atoms with Gasteiger partial charge in [-0.25, -0.2) is 4.98 Å². The van der Waals surface area contributed by atoms with Crippen LogP contribution in [0.15, 0.2) is 60.9 Å². The minimum Gasteiger partial charge on any atom is -0.457 e. The standard InChI is InChI=1S/C25H21ClN4O4/c1-25(13-33-2)24(32)29-19-12-28-23-20(21(19)30-25)17(11-27-23)22(31)16-9-8-15(10-18(16)26)34-14-6-4-3-5-7-14/h3-12,30H,13H2,1-2H3,(H,27,28)(H,29,32). The van der Waals surface area contributed by atoms with Gasteiger partial charge in [-0.15, -0.1) is 0 Å². The number of hydrogen-bond acceptors (Lipinski definition) is 6. The number of H-pyrrole nitrogens is 1. The number of halogens is 1. The Morgan fingerprint density at radius 2 is 1.91 bits per heavy atom. The van der Waals surface area contributed by atoms with E-state index in [0.29, 0.717) is 45.0 Å². The molecule has 2 aromatic carbocycles. The molecule has 3 heterocycles. The minimum absolute atomic E-state index is 0.143. The van der Waals surface area contributed by atoms with Crippen molar-refractivity contribution < 1.29 is 19.1 Å². The summed E-state index contributed by atoms with van der Waals surface area (Å²) in [4.78, 5) is 33.5. The Bertz CT molecular complexity index is 1420. The summed E-state index contributed by atoms with van der Waals surface area (Å²) in [5.41, 5.74) is 1.26. The first-order chi connectivity index (χ1) is 16.4. The van der Waals surface area contributed by atoms with Crippen molar-refractivity contribution in [2.45, 2.75) is 12.5 Å². The van der Waals surface area contributed by atoms with Gasteiger partial charge in [0.05, 0.1) is 40.2 Å². The monoisotopic (exact) mass is 476 g/mol. The number of rotatable bonds is 6. The Morgan fingerprint density at radius 3 is 2.65 bits per heavy atom. The number of amides is 1. The molecule has 34 heavy (non-hydrogen) atoms. The molecule has 0 radical (unpaired) electrons. The van der Waals surface area contributed by atoms with Crippen LogP contribution in [-0.2, 0) is 9.53 Å². The van der Waals surface area contributed by atoms with Crippen molar-refractivity contribution in [3.05, 3.63) is 77.1 Å². The Hall–Kier alpha value is -3.88. The normalized spacial score (nSPS) is 17.1. The zero-order chi connectivity index (χ0) is 23.9. The Kier molecular flexibility index (Phi) is 5.47. The number of ether oxygens (including phenoxy) is 2. The van der Waals surface area contributed by atoms with E-state index in [1.54, 1.807) is 37.5 Å². The zero-order valence-corrected chi connectivity index (χ0v) is 19.2. The molecule has 0 saturated carbocycles. The largest absolute Gasteiger partial charge is 0.457 e. The molecule has 1 atom stereocenters. The van der Waals surface area contributed by atoms with Crippen LogP contribution in [0.1, 0.15) is 22.8 Å². The van der Waals surface area contributed by atoms with Gasteiger partial charge >= 0.3 is 0 Å². The fraction of sp³-hybridized carbons (Fsp3) is 0.160. The van der Waals surface area contributed by atoms with Gasteiger partial charge in [0.15, 0.2) is 5.78 Å². The molecule has 8 nitrogen and oxygen atoms in total. The van der Waals surface area contributed by atoms with Crippen molar-refractivity contribution in [1.82, 2.24) is 9.97 Å². The molecule has 9 heteroatoms. The van der Waals surface area contributed by atoms with Crippen molar-refractivity contribution in [3.8, 4) is 11.5 Å². The van der Waals surface area contributed by atoms with Gasteiger partial charge in [-0.3, -0.25) is 9.59 Å². The quantitative estimate of drug-likeness (QED) is 0.338. The predicted octanol–water partition coefficient (Wildman–Crippen LogP) is 5.01. The highest BCUT2D eigenvalue weighted by Crippen LogP contribution is 2.39. The summed E-state index contributed by atoms with van der Waals surface area (Å²) in [5, 5.41) is 6.92. The first-order valence-electron chi connectivity index (χ1n) is 10.6. The third kappa shape index (κ3) is 3.76. The second-order valence-corrected chi connectivity index (χ2v) is 8.61. The lowest BCUT2D eigenvalue weighted by atomic mass is 9.96. The summed E-state index contributed by atoms with van der Waals surface area (Å²) in [6, 6.07) is 14.2. The van der Waals surface area contributed by atoms with Crippen molar-refractivity contribution in [3.63, 3.8) is 0 Å². The molecule has 0 aliphatic carbocycles. The number of nitrogens with zero attached hydrogens (tertiary/aromatic N) is 1. The second kappa shape index (κ2) is 8.48. The van der Waals surface area contributed by atoms with Gasteiger partial charge in [-0.2, -0.15) is 0 Å². The summed E-state index contributed by atoms with van der Waals surface area (Å²) in [5.74, 6) is 0.651. The van der Waals surface area contributed by atoms with Crippen LogP contribution in [0.4, 0.5) is 11.4 Å². The average molecular weight is 477 g/mol. The SMILES string of the molecule is COCC1(C)Nc2c(cnc3[nH]cc(C(=O)c4ccc(Oc5ccccc5)cc4Cl)c23)NC1=O. The topological polar surface area (TPSA) is 105 Å². The number of carbonyl (C=O) groups is 2. The fourth-order valence-corrected chi connectivity index (χ4v) is 4.25. The zero-order valence-electron chi connectivity index (χ0n) is 18.4. The van der Waals surface area contributed by atoms with Crippen LogP contribution in [0, 0.1) is 0 Å². The number of nitrogens with one attached hydrogen (secondary N) is 3. The third-order valence-electron chi connectivity index (χ3n) is 5.69. The van der Waals surface area contributed by atoms with Gasteiger partial charge in [0.1, 0.15) is 22.7 Å². The van der Waals surface area contributed by atoms with Crippen LogP contribution in [0.2, 0.25) is 5.02 Å². The molecule has 1 amide bonds. The van der Waals surface area contributed by atoms with E-state index in [-0.39, 0.29) is 23.3 Å². The molecule has 172 valence electrons. The fourth-order valence-electron chi connectivity index (χ4n) is 4.00. The number of aromatic nitrogens is 2. The minimum atomic E-state index is -1.01. The van der Waals surface area contributed by atoms with Crippen LogP contribution in [0.3, 0.4) is 0 Å². The highest BCUT2D eigenvalue weighted by Gasteiger charge is 2.39. The molecule has 2 aromatic heterocycles. The maximum atomic E-state index is 13.5. The van der Waals surface area contributed by atoms with Crippen LogP contribution in [0.5, 0.6) is 11.5 Å². The van der Waals surface area contributed by atoms with E-state index in [4.69, 9.17) is 21.1 Å². The van der Waals surface area contributed by atoms with Gasteiger partial charge in [0.25, 0.3) is 5.91 Å². The van der Waals surface area contributed by atoms with Crippen LogP contribution >= 0.6 is 11.6 Å². The summed E-state index contributed by atoms with van der Waals surface area (Å²) in [6.07, 6.45) is 3.14. The van der Waals surface area contributed by atoms with Gasteiger partial charge in [0, 0.05) is 24.9 Å². The molecule has 0 bridgehead atoms. The number of ketones is 1. The molecule has 1 aliphatic rings. The Morgan fingerprint density at radius 1 is 1.12 bits per heavy atom. The van der Waals surface area contributed by atoms with Gasteiger partial charge in [-0.1, -0.05) is 29.8 Å². The molecule has 0 fully saturated rings. The average Bonchev–Trinajstić information content (AvgIpc) is 3.25. The Labute approximate surface area is 200 Å². The molecular formula is C25H21ClN4O4. The molecule has 1 aliphatic heterocycles.